The van der Waals surface area contributed by atoms with E-state index in [4.69, 9.17) is 0 Å². The summed E-state index contributed by atoms with van der Waals surface area (Å²) in [7, 11) is 0. The summed E-state index contributed by atoms with van der Waals surface area (Å²) in [5.74, 6) is 0. The highest BCUT2D eigenvalue weighted by molar-refractivity contribution is 7.99. The number of thioether (sulfide) groups is 1. The number of aromatic amines is 1. The molecule has 1 aromatic rings. The van der Waals surface area contributed by atoms with Gasteiger partial charge < -0.3 is 10.2 Å². The van der Waals surface area contributed by atoms with Crippen LogP contribution in [0.1, 0.15) is 50.1 Å². The molecule has 0 radical (unpaired) electrons. The van der Waals surface area contributed by atoms with Gasteiger partial charge in [0.05, 0.1) is 12.2 Å². The van der Waals surface area contributed by atoms with E-state index in [2.05, 4.69) is 21.8 Å². The molecule has 1 saturated carbocycles. The number of rotatable bonds is 3. The Morgan fingerprint density at radius 2 is 2.33 bits per heavy atom. The molecule has 3 atom stereocenters. The van der Waals surface area contributed by atoms with Gasteiger partial charge in [-0.25, -0.2) is 4.79 Å². The highest BCUT2D eigenvalue weighted by atomic mass is 32.2. The van der Waals surface area contributed by atoms with E-state index in [0.29, 0.717) is 11.3 Å². The second-order valence-electron chi connectivity index (χ2n) is 6.05. The molecule has 1 aliphatic carbocycles. The van der Waals surface area contributed by atoms with Crippen molar-refractivity contribution < 1.29 is 4.79 Å². The number of hydrogen-bond donors (Lipinski definition) is 2. The first-order valence-corrected chi connectivity index (χ1v) is 9.15. The zero-order chi connectivity index (χ0) is 14.7. The van der Waals surface area contributed by atoms with Crippen molar-refractivity contribution in [3.8, 4) is 0 Å². The summed E-state index contributed by atoms with van der Waals surface area (Å²) in [6, 6.07) is 0.629. The maximum Gasteiger partial charge on any atom is 0.318 e. The first kappa shape index (κ1) is 14.8. The Morgan fingerprint density at radius 1 is 1.43 bits per heavy atom. The number of nitrogens with one attached hydrogen (secondary N) is 2. The number of hydrogen-bond acceptors (Lipinski definition) is 3. The lowest BCUT2D eigenvalue weighted by Crippen LogP contribution is -2.47. The lowest BCUT2D eigenvalue weighted by molar-refractivity contribution is 0.148. The number of nitrogens with zero attached hydrogens (tertiary/aromatic N) is 2. The smallest absolute Gasteiger partial charge is 0.318 e. The van der Waals surface area contributed by atoms with E-state index in [1.807, 2.05) is 29.1 Å². The Bertz CT molecular complexity index is 464. The minimum absolute atomic E-state index is 0.104. The van der Waals surface area contributed by atoms with Crippen LogP contribution >= 0.6 is 11.8 Å². The van der Waals surface area contributed by atoms with E-state index in [1.165, 1.54) is 12.8 Å². The SMILES string of the molecule is CS[C@@H]1CC[C@@H](NC(=O)N2CCCC[C@@H]2c2cn[nH]c2)C1. The van der Waals surface area contributed by atoms with Crippen molar-refractivity contribution >= 4 is 17.8 Å². The first-order chi connectivity index (χ1) is 10.3. The molecule has 1 aliphatic heterocycles. The van der Waals surface area contributed by atoms with Gasteiger partial charge in [-0.05, 0) is 44.8 Å². The van der Waals surface area contributed by atoms with E-state index >= 15 is 0 Å². The maximum atomic E-state index is 12.6. The van der Waals surface area contributed by atoms with Crippen LogP contribution in [0.2, 0.25) is 0 Å². The van der Waals surface area contributed by atoms with Gasteiger partial charge in [-0.2, -0.15) is 16.9 Å². The van der Waals surface area contributed by atoms with Gasteiger partial charge >= 0.3 is 6.03 Å². The number of carbonyl (C=O) groups excluding carboxylic acids is 1. The number of likely N-dealkylation sites (tertiary alicyclic amines) is 1. The third kappa shape index (κ3) is 3.36. The summed E-state index contributed by atoms with van der Waals surface area (Å²) in [5.41, 5.74) is 1.12. The molecule has 1 saturated heterocycles. The molecule has 2 fully saturated rings. The molecule has 2 N–H and O–H groups in total. The highest BCUT2D eigenvalue weighted by Crippen LogP contribution is 2.32. The predicted octanol–water partition coefficient (Wildman–Crippen LogP) is 2.93. The zero-order valence-corrected chi connectivity index (χ0v) is 13.4. The molecule has 6 heteroatoms. The summed E-state index contributed by atoms with van der Waals surface area (Å²) < 4.78 is 0. The van der Waals surface area contributed by atoms with Crippen molar-refractivity contribution in [2.45, 2.75) is 55.9 Å². The predicted molar refractivity (Wildman–Crippen MR) is 85.4 cm³/mol. The van der Waals surface area contributed by atoms with Crippen LogP contribution < -0.4 is 5.32 Å². The van der Waals surface area contributed by atoms with E-state index in [0.717, 1.165) is 37.8 Å². The molecule has 1 aromatic heterocycles. The normalized spacial score (nSPS) is 29.6. The molecule has 2 amide bonds. The number of piperidine rings is 1. The fraction of sp³-hybridized carbons (Fsp3) is 0.733. The zero-order valence-electron chi connectivity index (χ0n) is 12.5. The summed E-state index contributed by atoms with van der Waals surface area (Å²) in [6.45, 7) is 0.848. The summed E-state index contributed by atoms with van der Waals surface area (Å²) in [4.78, 5) is 14.6. The third-order valence-electron chi connectivity index (χ3n) is 4.71. The average molecular weight is 308 g/mol. The van der Waals surface area contributed by atoms with E-state index in [1.54, 1.807) is 0 Å². The lowest BCUT2D eigenvalue weighted by atomic mass is 9.98. The molecule has 5 nitrogen and oxygen atoms in total. The monoisotopic (exact) mass is 308 g/mol. The van der Waals surface area contributed by atoms with Crippen molar-refractivity contribution in [1.82, 2.24) is 20.4 Å². The van der Waals surface area contributed by atoms with Crippen LogP contribution in [0.25, 0.3) is 0 Å². The Hall–Kier alpha value is -1.17. The molecular formula is C15H24N4OS. The van der Waals surface area contributed by atoms with E-state index in [9.17, 15) is 4.79 Å². The molecule has 0 unspecified atom stereocenters. The van der Waals surface area contributed by atoms with Crippen LogP contribution in [0.5, 0.6) is 0 Å². The van der Waals surface area contributed by atoms with Crippen LogP contribution in [0, 0.1) is 0 Å². The molecule has 0 spiro atoms. The standard InChI is InChI=1S/C15H24N4OS/c1-21-13-6-5-12(8-13)18-15(20)19-7-3-2-4-14(19)11-9-16-17-10-11/h9-10,12-14H,2-8H2,1H3,(H,16,17)(H,18,20)/t12-,13-,14-/m1/s1. The number of amides is 2. The number of aromatic nitrogens is 2. The maximum absolute atomic E-state index is 12.6. The highest BCUT2D eigenvalue weighted by Gasteiger charge is 2.31. The van der Waals surface area contributed by atoms with Crippen molar-refractivity contribution in [3.63, 3.8) is 0 Å². The summed E-state index contributed by atoms with van der Waals surface area (Å²) in [5, 5.41) is 10.8. The molecule has 0 bridgehead atoms. The fourth-order valence-corrected chi connectivity index (χ4v) is 4.30. The van der Waals surface area contributed by atoms with Gasteiger partial charge in [-0.1, -0.05) is 0 Å². The lowest BCUT2D eigenvalue weighted by Gasteiger charge is -2.36. The van der Waals surface area contributed by atoms with Gasteiger partial charge in [0.25, 0.3) is 0 Å². The second-order valence-corrected chi connectivity index (χ2v) is 7.19. The van der Waals surface area contributed by atoms with Gasteiger partial charge in [-0.15, -0.1) is 0 Å². The van der Waals surface area contributed by atoms with E-state index < -0.39 is 0 Å². The third-order valence-corrected chi connectivity index (χ3v) is 5.81. The number of carbonyl (C=O) groups is 1. The average Bonchev–Trinajstić information content (AvgIpc) is 3.18. The molecule has 3 rings (SSSR count). The van der Waals surface area contributed by atoms with Crippen LogP contribution in [0.15, 0.2) is 12.4 Å². The van der Waals surface area contributed by atoms with Gasteiger partial charge in [0.2, 0.25) is 0 Å². The molecule has 2 heterocycles. The van der Waals surface area contributed by atoms with Crippen LogP contribution in [-0.4, -0.2) is 45.2 Å². The van der Waals surface area contributed by atoms with E-state index in [-0.39, 0.29) is 12.1 Å². The van der Waals surface area contributed by atoms with Crippen molar-refractivity contribution in [1.29, 1.82) is 0 Å². The van der Waals surface area contributed by atoms with Crippen molar-refractivity contribution in [2.24, 2.45) is 0 Å². The number of H-pyrrole nitrogens is 1. The quantitative estimate of drug-likeness (QED) is 0.902. The summed E-state index contributed by atoms with van der Waals surface area (Å²) >= 11 is 1.92. The van der Waals surface area contributed by atoms with Gasteiger partial charge in [0.1, 0.15) is 0 Å². The molecule has 116 valence electrons. The Balaban J connectivity index is 1.62. The molecule has 2 aliphatic rings. The topological polar surface area (TPSA) is 61.0 Å². The van der Waals surface area contributed by atoms with Crippen molar-refractivity contribution in [3.05, 3.63) is 18.0 Å². The van der Waals surface area contributed by atoms with Crippen LogP contribution in [-0.2, 0) is 0 Å². The van der Waals surface area contributed by atoms with Gasteiger partial charge in [0, 0.05) is 29.6 Å². The van der Waals surface area contributed by atoms with Crippen molar-refractivity contribution in [2.75, 3.05) is 12.8 Å². The first-order valence-electron chi connectivity index (χ1n) is 7.86. The Kier molecular flexibility index (Phi) is 4.73. The van der Waals surface area contributed by atoms with Crippen LogP contribution in [0.4, 0.5) is 4.79 Å². The molecule has 0 aromatic carbocycles. The number of urea groups is 1. The molecule has 21 heavy (non-hydrogen) atoms. The van der Waals surface area contributed by atoms with Gasteiger partial charge in [0.15, 0.2) is 0 Å². The Labute approximate surface area is 130 Å². The minimum Gasteiger partial charge on any atom is -0.335 e. The minimum atomic E-state index is 0.104. The largest absolute Gasteiger partial charge is 0.335 e. The summed E-state index contributed by atoms with van der Waals surface area (Å²) in [6.07, 6.45) is 12.7. The fourth-order valence-electron chi connectivity index (χ4n) is 3.51. The molecular weight excluding hydrogens is 284 g/mol. The Morgan fingerprint density at radius 3 is 3.05 bits per heavy atom. The van der Waals surface area contributed by atoms with Gasteiger partial charge in [-0.3, -0.25) is 5.10 Å². The second kappa shape index (κ2) is 6.73. The van der Waals surface area contributed by atoms with Crippen LogP contribution in [0.3, 0.4) is 0 Å².